The van der Waals surface area contributed by atoms with Crippen LogP contribution in [0.15, 0.2) is 24.4 Å². The largest absolute Gasteiger partial charge is 0.472 e. The number of piperidine rings is 1. The second-order valence-electron chi connectivity index (χ2n) is 6.90. The molecule has 2 aliphatic heterocycles. The number of aromatic nitrogens is 1. The topological polar surface area (TPSA) is 85.8 Å². The number of amides is 1. The summed E-state index contributed by atoms with van der Waals surface area (Å²) in [5.41, 5.74) is -0.390. The maximum atomic E-state index is 12.3. The Bertz CT molecular complexity index is 709. The van der Waals surface area contributed by atoms with E-state index in [-0.39, 0.29) is 24.2 Å². The van der Waals surface area contributed by atoms with Gasteiger partial charge in [-0.05, 0) is 18.9 Å². The van der Waals surface area contributed by atoms with Crippen LogP contribution < -0.4 is 4.74 Å². The van der Waals surface area contributed by atoms with Crippen molar-refractivity contribution in [2.45, 2.75) is 37.4 Å². The molecule has 1 aromatic rings. The Kier molecular flexibility index (Phi) is 5.29. The molecule has 3 rings (SSSR count). The first-order chi connectivity index (χ1) is 11.9. The lowest BCUT2D eigenvalue weighted by atomic mass is 9.89. The predicted molar refractivity (Wildman–Crippen MR) is 92.1 cm³/mol. The first-order valence-corrected chi connectivity index (χ1v) is 10.6. The van der Waals surface area contributed by atoms with Crippen LogP contribution in [0.4, 0.5) is 0 Å². The molecule has 0 saturated carbocycles. The summed E-state index contributed by atoms with van der Waals surface area (Å²) in [6, 6.07) is 5.52. The van der Waals surface area contributed by atoms with Gasteiger partial charge in [-0.3, -0.25) is 4.79 Å². The molecule has 2 atom stereocenters. The van der Waals surface area contributed by atoms with E-state index in [1.807, 2.05) is 18.2 Å². The Hall–Kier alpha value is -1.67. The van der Waals surface area contributed by atoms with E-state index in [1.165, 1.54) is 0 Å². The zero-order valence-electron chi connectivity index (χ0n) is 14.4. The van der Waals surface area contributed by atoms with Crippen LogP contribution in [-0.4, -0.2) is 67.6 Å². The third-order valence-electron chi connectivity index (χ3n) is 4.68. The molecule has 7 nitrogen and oxygen atoms in total. The summed E-state index contributed by atoms with van der Waals surface area (Å²) < 4.78 is 34.4. The molecule has 2 aliphatic rings. The highest BCUT2D eigenvalue weighted by molar-refractivity contribution is 7.90. The molecule has 3 heterocycles. The molecule has 1 spiro atoms. The smallest absolute Gasteiger partial charge is 0.223 e. The van der Waals surface area contributed by atoms with Gasteiger partial charge in [0.15, 0.2) is 0 Å². The first-order valence-electron chi connectivity index (χ1n) is 8.52. The van der Waals surface area contributed by atoms with Gasteiger partial charge in [0.05, 0.1) is 18.0 Å². The van der Waals surface area contributed by atoms with Gasteiger partial charge in [-0.15, -0.1) is 0 Å². The third kappa shape index (κ3) is 4.92. The number of nitrogens with zero attached hydrogens (tertiary/aromatic N) is 2. The minimum absolute atomic E-state index is 0.0305. The van der Waals surface area contributed by atoms with Crippen LogP contribution in [0.25, 0.3) is 0 Å². The van der Waals surface area contributed by atoms with Crippen molar-refractivity contribution >= 4 is 15.7 Å². The molecular formula is C17H24N2O5S. The fraction of sp³-hybridized carbons (Fsp3) is 0.647. The molecule has 0 unspecified atom stereocenters. The van der Waals surface area contributed by atoms with Crippen molar-refractivity contribution < 1.29 is 22.7 Å². The predicted octanol–water partition coefficient (Wildman–Crippen LogP) is 1.05. The molecule has 1 amide bonds. The lowest BCUT2D eigenvalue weighted by molar-refractivity contribution is -0.138. The second kappa shape index (κ2) is 7.29. The van der Waals surface area contributed by atoms with E-state index in [2.05, 4.69) is 4.98 Å². The van der Waals surface area contributed by atoms with E-state index >= 15 is 0 Å². The Morgan fingerprint density at radius 3 is 3.04 bits per heavy atom. The number of pyridine rings is 1. The highest BCUT2D eigenvalue weighted by Crippen LogP contribution is 2.36. The van der Waals surface area contributed by atoms with Gasteiger partial charge >= 0.3 is 0 Å². The molecule has 1 aromatic heterocycles. The van der Waals surface area contributed by atoms with Gasteiger partial charge in [-0.1, -0.05) is 6.07 Å². The maximum absolute atomic E-state index is 12.3. The van der Waals surface area contributed by atoms with Gasteiger partial charge in [0, 0.05) is 44.5 Å². The summed E-state index contributed by atoms with van der Waals surface area (Å²) in [7, 11) is -3.13. The molecule has 2 fully saturated rings. The van der Waals surface area contributed by atoms with Crippen LogP contribution in [0.5, 0.6) is 5.88 Å². The number of hydrogen-bond acceptors (Lipinski definition) is 6. The van der Waals surface area contributed by atoms with Gasteiger partial charge in [0.1, 0.15) is 15.9 Å². The summed E-state index contributed by atoms with van der Waals surface area (Å²) in [6.07, 6.45) is 5.22. The number of ether oxygens (including phenoxy) is 2. The van der Waals surface area contributed by atoms with Crippen LogP contribution in [-0.2, 0) is 19.4 Å². The first kappa shape index (κ1) is 18.1. The molecular weight excluding hydrogens is 344 g/mol. The lowest BCUT2D eigenvalue weighted by Gasteiger charge is -2.39. The molecule has 0 aliphatic carbocycles. The van der Waals surface area contributed by atoms with Crippen molar-refractivity contribution in [2.75, 3.05) is 31.7 Å². The monoisotopic (exact) mass is 368 g/mol. The van der Waals surface area contributed by atoms with Crippen LogP contribution in [0.2, 0.25) is 0 Å². The van der Waals surface area contributed by atoms with E-state index in [1.54, 1.807) is 11.1 Å². The molecule has 25 heavy (non-hydrogen) atoms. The summed E-state index contributed by atoms with van der Waals surface area (Å²) in [6.45, 7) is 1.62. The van der Waals surface area contributed by atoms with Crippen molar-refractivity contribution in [3.8, 4) is 5.88 Å². The van der Waals surface area contributed by atoms with Crippen LogP contribution >= 0.6 is 0 Å². The van der Waals surface area contributed by atoms with Crippen molar-refractivity contribution in [3.63, 3.8) is 0 Å². The van der Waals surface area contributed by atoms with E-state index < -0.39 is 15.4 Å². The van der Waals surface area contributed by atoms with Crippen molar-refractivity contribution in [1.29, 1.82) is 0 Å². The van der Waals surface area contributed by atoms with E-state index in [9.17, 15) is 13.2 Å². The fourth-order valence-corrected chi connectivity index (χ4v) is 4.04. The summed E-state index contributed by atoms with van der Waals surface area (Å²) in [5.74, 6) is 0.342. The van der Waals surface area contributed by atoms with Gasteiger partial charge in [0.25, 0.3) is 0 Å². The van der Waals surface area contributed by atoms with Crippen LogP contribution in [0, 0.1) is 0 Å². The second-order valence-corrected chi connectivity index (χ2v) is 9.16. The molecule has 138 valence electrons. The van der Waals surface area contributed by atoms with E-state index in [4.69, 9.17) is 9.47 Å². The Labute approximate surface area is 148 Å². The Balaban J connectivity index is 1.56. The molecule has 0 aromatic carbocycles. The Morgan fingerprint density at radius 1 is 1.48 bits per heavy atom. The van der Waals surface area contributed by atoms with Gasteiger partial charge in [-0.2, -0.15) is 0 Å². The number of likely N-dealkylation sites (tertiary alicyclic amines) is 1. The van der Waals surface area contributed by atoms with Crippen LogP contribution in [0.1, 0.15) is 25.7 Å². The van der Waals surface area contributed by atoms with E-state index in [0.29, 0.717) is 32.0 Å². The molecule has 0 radical (unpaired) electrons. The molecule has 0 N–H and O–H groups in total. The average molecular weight is 368 g/mol. The fourth-order valence-electron chi connectivity index (χ4n) is 3.49. The van der Waals surface area contributed by atoms with Gasteiger partial charge in [-0.25, -0.2) is 13.4 Å². The minimum Gasteiger partial charge on any atom is -0.472 e. The summed E-state index contributed by atoms with van der Waals surface area (Å²) in [5, 5.41) is 0. The zero-order chi connectivity index (χ0) is 17.9. The third-order valence-corrected chi connectivity index (χ3v) is 5.62. The van der Waals surface area contributed by atoms with E-state index in [0.717, 1.165) is 19.1 Å². The van der Waals surface area contributed by atoms with Crippen molar-refractivity contribution in [3.05, 3.63) is 24.4 Å². The van der Waals surface area contributed by atoms with Crippen molar-refractivity contribution in [1.82, 2.24) is 9.88 Å². The van der Waals surface area contributed by atoms with Gasteiger partial charge < -0.3 is 14.4 Å². The Morgan fingerprint density at radius 2 is 2.32 bits per heavy atom. The molecule has 2 saturated heterocycles. The number of rotatable bonds is 5. The highest BCUT2D eigenvalue weighted by atomic mass is 32.2. The molecule has 8 heteroatoms. The van der Waals surface area contributed by atoms with Crippen molar-refractivity contribution in [2.24, 2.45) is 0 Å². The summed E-state index contributed by atoms with van der Waals surface area (Å²) >= 11 is 0. The zero-order valence-corrected chi connectivity index (χ0v) is 15.2. The highest BCUT2D eigenvalue weighted by Gasteiger charge is 2.45. The molecule has 0 bridgehead atoms. The number of sulfone groups is 1. The standard InChI is InChI=1S/C17H24N2O5S/c1-25(21,22)10-6-16(20)19-9-4-7-17(13-19)11-14(12-23-17)24-15-5-2-3-8-18-15/h2-3,5,8,14H,4,6-7,9-13H2,1H3/t14-,17-/m1/s1. The minimum atomic E-state index is -3.13. The quantitative estimate of drug-likeness (QED) is 0.772. The van der Waals surface area contributed by atoms with Crippen LogP contribution in [0.3, 0.4) is 0 Å². The van der Waals surface area contributed by atoms with Gasteiger partial charge in [0.2, 0.25) is 11.8 Å². The SMILES string of the molecule is CS(=O)(=O)CCC(=O)N1CCC[C@@]2(C[C@@H](Oc3ccccn3)CO2)C1. The number of carbonyl (C=O) groups excluding carboxylic acids is 1. The average Bonchev–Trinajstić information content (AvgIpc) is 2.95. The number of carbonyl (C=O) groups is 1. The summed E-state index contributed by atoms with van der Waals surface area (Å²) in [4.78, 5) is 18.2. The lowest BCUT2D eigenvalue weighted by Crippen LogP contribution is -2.50. The normalized spacial score (nSPS) is 26.8. The maximum Gasteiger partial charge on any atom is 0.223 e. The number of hydrogen-bond donors (Lipinski definition) is 0.